The second-order valence-corrected chi connectivity index (χ2v) is 12.8. The van der Waals surface area contributed by atoms with Crippen LogP contribution in [0.15, 0.2) is 177 Å². The number of pyridine rings is 2. The van der Waals surface area contributed by atoms with Gasteiger partial charge in [-0.1, -0.05) is 116 Å². The monoisotopic (exact) mass is 851 g/mol. The van der Waals surface area contributed by atoms with Crippen LogP contribution < -0.4 is 0 Å². The van der Waals surface area contributed by atoms with E-state index in [-0.39, 0.29) is 20.1 Å². The molecule has 0 aliphatic rings. The predicted molar refractivity (Wildman–Crippen MR) is 214 cm³/mol. The largest absolute Gasteiger partial charge is 0.305 e. The van der Waals surface area contributed by atoms with E-state index in [9.17, 15) is 0 Å². The predicted octanol–water partition coefficient (Wildman–Crippen LogP) is 12.7. The van der Waals surface area contributed by atoms with Gasteiger partial charge in [0, 0.05) is 52.2 Å². The number of hydrogen-bond acceptors (Lipinski definition) is 3. The molecule has 4 heteroatoms. The number of benzene rings is 5. The fourth-order valence-corrected chi connectivity index (χ4v) is 7.09. The first kappa shape index (κ1) is 35.3. The van der Waals surface area contributed by atoms with Crippen LogP contribution in [-0.2, 0) is 20.1 Å². The summed E-state index contributed by atoms with van der Waals surface area (Å²) in [5.74, 6) is 0. The number of rotatable bonds is 7. The zero-order valence-electron chi connectivity index (χ0n) is 28.1. The van der Waals surface area contributed by atoms with Gasteiger partial charge in [0.1, 0.15) is 0 Å². The summed E-state index contributed by atoms with van der Waals surface area (Å²) < 4.78 is 2.67. The molecule has 51 heavy (non-hydrogen) atoms. The summed E-state index contributed by atoms with van der Waals surface area (Å²) in [5, 5.41) is 2.66. The topological polar surface area (TPSA) is 25.8 Å². The average Bonchev–Trinajstić information content (AvgIpc) is 3.57. The molecule has 0 saturated carbocycles. The minimum Gasteiger partial charge on any atom is -0.305 e. The van der Waals surface area contributed by atoms with E-state index >= 15 is 0 Å². The van der Waals surface area contributed by atoms with Crippen molar-refractivity contribution in [1.29, 1.82) is 0 Å². The molecule has 1 radical (unpaired) electrons. The van der Waals surface area contributed by atoms with E-state index in [1.807, 2.05) is 91.1 Å². The van der Waals surface area contributed by atoms with E-state index in [1.54, 1.807) is 6.20 Å². The number of allylic oxidation sites excluding steroid dienone is 4. The summed E-state index contributed by atoms with van der Waals surface area (Å²) in [7, 11) is 0. The third-order valence-electron chi connectivity index (χ3n) is 8.36. The van der Waals surface area contributed by atoms with Gasteiger partial charge in [0.25, 0.3) is 0 Å². The maximum atomic E-state index is 4.44. The van der Waals surface area contributed by atoms with Gasteiger partial charge >= 0.3 is 0 Å². The Morgan fingerprint density at radius 3 is 2.25 bits per heavy atom. The molecule has 0 N–H and O–H groups in total. The zero-order valence-corrected chi connectivity index (χ0v) is 31.3. The Balaban J connectivity index is 0.000000269. The van der Waals surface area contributed by atoms with Gasteiger partial charge in [0.05, 0.1) is 0 Å². The molecule has 0 aliphatic carbocycles. The summed E-state index contributed by atoms with van der Waals surface area (Å²) in [6.07, 6.45) is 9.99. The van der Waals surface area contributed by atoms with E-state index in [0.29, 0.717) is 0 Å². The number of hydrogen-bond donors (Lipinski definition) is 0. The van der Waals surface area contributed by atoms with Gasteiger partial charge in [-0.15, -0.1) is 82.6 Å². The molecule has 2 nitrogen and oxygen atoms in total. The molecule has 0 fully saturated rings. The minimum atomic E-state index is 0. The van der Waals surface area contributed by atoms with E-state index < -0.39 is 0 Å². The Hall–Kier alpha value is -5.51. The maximum Gasteiger partial charge on any atom is 0.0433 e. The Labute approximate surface area is 317 Å². The van der Waals surface area contributed by atoms with Crippen molar-refractivity contribution in [2.45, 2.75) is 6.92 Å². The van der Waals surface area contributed by atoms with Crippen molar-refractivity contribution in [3.8, 4) is 33.6 Å². The van der Waals surface area contributed by atoms with E-state index in [2.05, 4.69) is 126 Å². The number of nitrogens with zero attached hydrogens (tertiary/aromatic N) is 2. The molecule has 0 aliphatic heterocycles. The van der Waals surface area contributed by atoms with Crippen LogP contribution >= 0.6 is 11.3 Å². The Kier molecular flexibility index (Phi) is 11.7. The van der Waals surface area contributed by atoms with Crippen LogP contribution in [0.4, 0.5) is 0 Å². The van der Waals surface area contributed by atoms with Gasteiger partial charge in [0.15, 0.2) is 0 Å². The molecule has 0 unspecified atom stereocenters. The Morgan fingerprint density at radius 2 is 1.47 bits per heavy atom. The molecule has 0 amide bonds. The number of thiophene rings is 1. The molecule has 249 valence electrons. The van der Waals surface area contributed by atoms with Gasteiger partial charge in [-0.3, -0.25) is 0 Å². The van der Waals surface area contributed by atoms with E-state index in [1.165, 1.54) is 31.3 Å². The van der Waals surface area contributed by atoms with Gasteiger partial charge < -0.3 is 9.97 Å². The van der Waals surface area contributed by atoms with Crippen LogP contribution in [0.25, 0.3) is 65.5 Å². The number of aryl methyl sites for hydroxylation is 1. The third kappa shape index (κ3) is 8.45. The smallest absolute Gasteiger partial charge is 0.0433 e. The van der Waals surface area contributed by atoms with Crippen molar-refractivity contribution in [1.82, 2.24) is 9.97 Å². The summed E-state index contributed by atoms with van der Waals surface area (Å²) in [6.45, 7) is 6.02. The first-order valence-corrected chi connectivity index (χ1v) is 17.3. The van der Waals surface area contributed by atoms with Crippen LogP contribution in [0, 0.1) is 19.1 Å². The fraction of sp³-hybridized carbons (Fsp3) is 0.0213. The van der Waals surface area contributed by atoms with Crippen LogP contribution in [0.2, 0.25) is 0 Å². The van der Waals surface area contributed by atoms with Gasteiger partial charge in [-0.05, 0) is 58.8 Å². The molecule has 3 aromatic heterocycles. The quantitative estimate of drug-likeness (QED) is 0.118. The van der Waals surface area contributed by atoms with Crippen LogP contribution in [0.1, 0.15) is 16.8 Å². The molecule has 8 rings (SSSR count). The molecule has 0 spiro atoms. The first-order chi connectivity index (χ1) is 24.7. The number of fused-ring (bicyclic) bond motifs is 3. The van der Waals surface area contributed by atoms with Crippen LogP contribution in [0.5, 0.6) is 0 Å². The van der Waals surface area contributed by atoms with Crippen molar-refractivity contribution in [2.75, 3.05) is 0 Å². The zero-order chi connectivity index (χ0) is 34.1. The third-order valence-corrected chi connectivity index (χ3v) is 9.58. The molecular formula is C47H34IrN2S-2. The van der Waals surface area contributed by atoms with Crippen molar-refractivity contribution in [3.63, 3.8) is 0 Å². The fourth-order valence-electron chi connectivity index (χ4n) is 5.86. The molecule has 8 aromatic rings. The van der Waals surface area contributed by atoms with Gasteiger partial charge in [-0.2, -0.15) is 0 Å². The van der Waals surface area contributed by atoms with Crippen LogP contribution in [-0.4, -0.2) is 9.97 Å². The molecule has 5 aromatic carbocycles. The van der Waals surface area contributed by atoms with E-state index in [4.69, 9.17) is 0 Å². The number of aromatic nitrogens is 2. The van der Waals surface area contributed by atoms with Crippen molar-refractivity contribution in [3.05, 3.63) is 206 Å². The Bertz CT molecular complexity index is 2440. The van der Waals surface area contributed by atoms with Gasteiger partial charge in [0.2, 0.25) is 0 Å². The Morgan fingerprint density at radius 1 is 0.706 bits per heavy atom. The molecular weight excluding hydrogens is 817 g/mol. The summed E-state index contributed by atoms with van der Waals surface area (Å²) in [4.78, 5) is 8.86. The molecule has 3 heterocycles. The summed E-state index contributed by atoms with van der Waals surface area (Å²) in [6, 6.07) is 56.3. The maximum absolute atomic E-state index is 4.44. The van der Waals surface area contributed by atoms with Gasteiger partial charge in [-0.25, -0.2) is 0 Å². The van der Waals surface area contributed by atoms with Crippen molar-refractivity contribution < 1.29 is 20.1 Å². The van der Waals surface area contributed by atoms with Crippen molar-refractivity contribution >= 4 is 43.2 Å². The normalized spacial score (nSPS) is 11.2. The first-order valence-electron chi connectivity index (χ1n) is 16.5. The van der Waals surface area contributed by atoms with Crippen molar-refractivity contribution in [2.24, 2.45) is 0 Å². The second kappa shape index (κ2) is 16.9. The minimum absolute atomic E-state index is 0. The SMILES string of the molecule is C=C/C(=C\C=C\c1ccc(-c2cccc3c2sc2ccccc23)cc1)c1cc[c-]c(-c2ccccn2)c1.Cc1cccc(-c2[c-]cccc2)n1.[Ir]. The van der Waals surface area contributed by atoms with E-state index in [0.717, 1.165) is 44.9 Å². The molecule has 0 bridgehead atoms. The standard InChI is InChI=1S/C35H24NS.C12H10N.Ir/c1-2-26(28-12-8-13-29(24-28)33-17-5-6-23-36-33)11-7-10-25-19-21-27(22-20-25)30-15-9-16-32-31-14-3-4-18-34(31)37-35(30)32;1-10-6-5-9-12(13-10)11-7-3-2-4-8-11;/h2-12,14-24H,1H2;2-7,9H,1H3;/q2*-1;/b10-7+,26-11+;;. The molecule has 0 saturated heterocycles. The summed E-state index contributed by atoms with van der Waals surface area (Å²) >= 11 is 1.87. The summed E-state index contributed by atoms with van der Waals surface area (Å²) in [5.41, 5.74) is 10.8. The molecule has 0 atom stereocenters. The average molecular weight is 851 g/mol. The second-order valence-electron chi connectivity index (χ2n) is 11.7. The van der Waals surface area contributed by atoms with Crippen LogP contribution in [0.3, 0.4) is 0 Å².